The van der Waals surface area contributed by atoms with E-state index in [1.54, 1.807) is 6.07 Å². The Labute approximate surface area is 150 Å². The number of ketones is 1. The Bertz CT molecular complexity index is 573. The van der Waals surface area contributed by atoms with E-state index in [9.17, 15) is 14.7 Å². The molecule has 2 rings (SSSR count). The molecular formula is C21H30O4. The largest absolute Gasteiger partial charge is 0.508 e. The number of aryl methyl sites for hydroxylation is 2. The lowest BCUT2D eigenvalue weighted by Gasteiger charge is -2.09. The molecule has 0 unspecified atom stereocenters. The van der Waals surface area contributed by atoms with Gasteiger partial charge in [0, 0.05) is 6.42 Å². The van der Waals surface area contributed by atoms with Crippen LogP contribution in [0.15, 0.2) is 18.2 Å². The zero-order valence-electron chi connectivity index (χ0n) is 15.3. The summed E-state index contributed by atoms with van der Waals surface area (Å²) in [5, 5.41) is 9.69. The van der Waals surface area contributed by atoms with Crippen LogP contribution in [0.5, 0.6) is 5.75 Å². The van der Waals surface area contributed by atoms with Crippen molar-refractivity contribution in [1.29, 1.82) is 0 Å². The van der Waals surface area contributed by atoms with E-state index >= 15 is 0 Å². The number of phenols is 1. The Balaban J connectivity index is 1.59. The highest BCUT2D eigenvalue weighted by Crippen LogP contribution is 2.25. The number of unbranched alkanes of at least 4 members (excludes halogenated alkanes) is 1. The van der Waals surface area contributed by atoms with Crippen molar-refractivity contribution in [2.75, 3.05) is 6.61 Å². The lowest BCUT2D eigenvalue weighted by atomic mass is 10.0. The average Bonchev–Trinajstić information content (AvgIpc) is 3.11. The van der Waals surface area contributed by atoms with E-state index in [4.69, 9.17) is 4.74 Å². The molecule has 0 aliphatic heterocycles. The van der Waals surface area contributed by atoms with E-state index in [2.05, 4.69) is 0 Å². The molecule has 0 spiro atoms. The third kappa shape index (κ3) is 6.89. The summed E-state index contributed by atoms with van der Waals surface area (Å²) >= 11 is 0. The number of ether oxygens (including phenoxy) is 1. The van der Waals surface area contributed by atoms with E-state index in [-0.39, 0.29) is 18.2 Å². The van der Waals surface area contributed by atoms with Gasteiger partial charge in [0.15, 0.2) is 0 Å². The molecule has 1 aromatic rings. The van der Waals surface area contributed by atoms with Gasteiger partial charge in [-0.3, -0.25) is 9.59 Å². The Morgan fingerprint density at radius 3 is 2.68 bits per heavy atom. The van der Waals surface area contributed by atoms with Gasteiger partial charge in [0.05, 0.1) is 6.61 Å². The maximum atomic E-state index is 11.9. The maximum Gasteiger partial charge on any atom is 0.313 e. The second-order valence-electron chi connectivity index (χ2n) is 7.07. The molecule has 0 aromatic heterocycles. The number of carbonyl (C=O) groups is 2. The smallest absolute Gasteiger partial charge is 0.313 e. The van der Waals surface area contributed by atoms with Crippen LogP contribution < -0.4 is 0 Å². The number of benzene rings is 1. The normalized spacial score (nSPS) is 14.6. The SMILES string of the molecule is CCc1cc(CCCCC(=O)CC(=O)OCC2CCCC2)ccc1O. The average molecular weight is 346 g/mol. The van der Waals surface area contributed by atoms with Crippen molar-refractivity contribution >= 4 is 11.8 Å². The van der Waals surface area contributed by atoms with Crippen molar-refractivity contribution in [1.82, 2.24) is 0 Å². The molecule has 0 radical (unpaired) electrons. The second kappa shape index (κ2) is 10.2. The Morgan fingerprint density at radius 1 is 1.20 bits per heavy atom. The third-order valence-corrected chi connectivity index (χ3v) is 4.99. The van der Waals surface area contributed by atoms with Crippen LogP contribution >= 0.6 is 0 Å². The van der Waals surface area contributed by atoms with Crippen LogP contribution in [-0.4, -0.2) is 23.5 Å². The molecule has 0 saturated heterocycles. The number of aromatic hydroxyl groups is 1. The monoisotopic (exact) mass is 346 g/mol. The summed E-state index contributed by atoms with van der Waals surface area (Å²) < 4.78 is 5.23. The summed E-state index contributed by atoms with van der Waals surface area (Å²) in [7, 11) is 0. The van der Waals surface area contributed by atoms with Gasteiger partial charge in [0.1, 0.15) is 18.0 Å². The maximum absolute atomic E-state index is 11.9. The number of Topliss-reactive ketones (excluding diaryl/α,β-unsaturated/α-hetero) is 1. The highest BCUT2D eigenvalue weighted by atomic mass is 16.5. The number of hydrogen-bond donors (Lipinski definition) is 1. The van der Waals surface area contributed by atoms with Crippen molar-refractivity contribution in [3.8, 4) is 5.75 Å². The highest BCUT2D eigenvalue weighted by molar-refractivity contribution is 5.95. The highest BCUT2D eigenvalue weighted by Gasteiger charge is 2.18. The van der Waals surface area contributed by atoms with E-state index in [1.807, 2.05) is 19.1 Å². The summed E-state index contributed by atoms with van der Waals surface area (Å²) in [4.78, 5) is 23.6. The van der Waals surface area contributed by atoms with Crippen LogP contribution in [0.2, 0.25) is 0 Å². The molecule has 0 heterocycles. The molecule has 0 amide bonds. The van der Waals surface area contributed by atoms with Gasteiger partial charge in [-0.05, 0) is 61.6 Å². The van der Waals surface area contributed by atoms with Crippen molar-refractivity contribution in [3.05, 3.63) is 29.3 Å². The van der Waals surface area contributed by atoms with Gasteiger partial charge in [0.25, 0.3) is 0 Å². The molecule has 1 N–H and O–H groups in total. The van der Waals surface area contributed by atoms with Crippen molar-refractivity contribution in [3.63, 3.8) is 0 Å². The molecule has 1 saturated carbocycles. The Morgan fingerprint density at radius 2 is 1.96 bits per heavy atom. The molecule has 4 nitrogen and oxygen atoms in total. The van der Waals surface area contributed by atoms with Gasteiger partial charge < -0.3 is 9.84 Å². The number of esters is 1. The Hall–Kier alpha value is -1.84. The van der Waals surface area contributed by atoms with E-state index < -0.39 is 0 Å². The molecule has 0 atom stereocenters. The lowest BCUT2D eigenvalue weighted by Crippen LogP contribution is -2.15. The lowest BCUT2D eigenvalue weighted by molar-refractivity contribution is -0.147. The molecule has 1 aliphatic rings. The van der Waals surface area contributed by atoms with Crippen LogP contribution in [-0.2, 0) is 27.2 Å². The molecule has 1 aliphatic carbocycles. The molecule has 1 fully saturated rings. The molecule has 25 heavy (non-hydrogen) atoms. The van der Waals surface area contributed by atoms with E-state index in [1.165, 1.54) is 18.4 Å². The van der Waals surface area contributed by atoms with Crippen LogP contribution in [0, 0.1) is 5.92 Å². The van der Waals surface area contributed by atoms with Gasteiger partial charge in [0.2, 0.25) is 0 Å². The first-order chi connectivity index (χ1) is 12.1. The summed E-state index contributed by atoms with van der Waals surface area (Å²) in [6, 6.07) is 5.69. The fourth-order valence-electron chi connectivity index (χ4n) is 3.42. The summed E-state index contributed by atoms with van der Waals surface area (Å²) in [5.41, 5.74) is 2.14. The molecule has 1 aromatic carbocycles. The predicted molar refractivity (Wildman–Crippen MR) is 97.6 cm³/mol. The topological polar surface area (TPSA) is 63.6 Å². The predicted octanol–water partition coefficient (Wildman–Crippen LogP) is 4.36. The molecule has 0 bridgehead atoms. The number of phenolic OH excluding ortho intramolecular Hbond substituents is 1. The molecule has 4 heteroatoms. The van der Waals surface area contributed by atoms with Gasteiger partial charge in [-0.1, -0.05) is 31.9 Å². The van der Waals surface area contributed by atoms with Crippen LogP contribution in [0.1, 0.15) is 69.4 Å². The summed E-state index contributed by atoms with van der Waals surface area (Å²) in [5.74, 6) is 0.439. The summed E-state index contributed by atoms with van der Waals surface area (Å²) in [6.45, 7) is 2.50. The van der Waals surface area contributed by atoms with E-state index in [0.717, 1.165) is 44.1 Å². The van der Waals surface area contributed by atoms with Crippen molar-refractivity contribution < 1.29 is 19.4 Å². The first-order valence-corrected chi connectivity index (χ1v) is 9.56. The minimum Gasteiger partial charge on any atom is -0.508 e. The standard InChI is InChI=1S/C21H30O4/c1-2-18-13-16(11-12-20(18)23)7-5-6-10-19(22)14-21(24)25-15-17-8-3-4-9-17/h11-13,17,23H,2-10,14-15H2,1H3. The zero-order chi connectivity index (χ0) is 18.1. The second-order valence-corrected chi connectivity index (χ2v) is 7.07. The molecular weight excluding hydrogens is 316 g/mol. The van der Waals surface area contributed by atoms with Crippen LogP contribution in [0.4, 0.5) is 0 Å². The minimum absolute atomic E-state index is 0.0311. The fraction of sp³-hybridized carbons (Fsp3) is 0.619. The van der Waals surface area contributed by atoms with Crippen molar-refractivity contribution in [2.24, 2.45) is 5.92 Å². The third-order valence-electron chi connectivity index (χ3n) is 4.99. The van der Waals surface area contributed by atoms with Crippen LogP contribution in [0.3, 0.4) is 0 Å². The number of carbonyl (C=O) groups excluding carboxylic acids is 2. The van der Waals surface area contributed by atoms with Gasteiger partial charge in [-0.15, -0.1) is 0 Å². The van der Waals surface area contributed by atoms with Crippen LogP contribution in [0.25, 0.3) is 0 Å². The Kier molecular flexibility index (Phi) is 7.96. The first kappa shape index (κ1) is 19.5. The van der Waals surface area contributed by atoms with Gasteiger partial charge in [-0.25, -0.2) is 0 Å². The number of hydrogen-bond acceptors (Lipinski definition) is 4. The summed E-state index contributed by atoms with van der Waals surface area (Å²) in [6.07, 6.45) is 8.42. The zero-order valence-corrected chi connectivity index (χ0v) is 15.3. The van der Waals surface area contributed by atoms with Crippen molar-refractivity contribution in [2.45, 2.75) is 71.1 Å². The minimum atomic E-state index is -0.372. The van der Waals surface area contributed by atoms with Gasteiger partial charge in [-0.2, -0.15) is 0 Å². The number of rotatable bonds is 10. The first-order valence-electron chi connectivity index (χ1n) is 9.56. The quantitative estimate of drug-likeness (QED) is 0.388. The fourth-order valence-corrected chi connectivity index (χ4v) is 3.42. The van der Waals surface area contributed by atoms with E-state index in [0.29, 0.717) is 24.7 Å². The molecule has 138 valence electrons. The van der Waals surface area contributed by atoms with Gasteiger partial charge >= 0.3 is 5.97 Å².